The number of hydrogen-bond donors (Lipinski definition) is 0. The van der Waals surface area contributed by atoms with Crippen LogP contribution >= 0.6 is 0 Å². The van der Waals surface area contributed by atoms with Crippen molar-refractivity contribution in [1.82, 2.24) is 9.55 Å². The third-order valence-corrected chi connectivity index (χ3v) is 2.66. The van der Waals surface area contributed by atoms with E-state index in [1.807, 2.05) is 0 Å². The first-order valence-corrected chi connectivity index (χ1v) is 5.17. The second kappa shape index (κ2) is 3.62. The molecule has 1 aromatic heterocycles. The average Bonchev–Trinajstić information content (AvgIpc) is 2.95. The van der Waals surface area contributed by atoms with Crippen molar-refractivity contribution in [3.05, 3.63) is 42.0 Å². The average molecular weight is 230 g/mol. The Morgan fingerprint density at radius 1 is 1.35 bits per heavy atom. The van der Waals surface area contributed by atoms with E-state index in [1.165, 1.54) is 0 Å². The number of rotatable bonds is 2. The Labute approximate surface area is 97.6 Å². The molecule has 5 heteroatoms. The Morgan fingerprint density at radius 2 is 2.18 bits per heavy atom. The van der Waals surface area contributed by atoms with Gasteiger partial charge < -0.3 is 14.0 Å². The second-order valence-corrected chi connectivity index (χ2v) is 3.76. The van der Waals surface area contributed by atoms with Crippen LogP contribution in [0.4, 0.5) is 0 Å². The lowest BCUT2D eigenvalue weighted by atomic mass is 10.1. The summed E-state index contributed by atoms with van der Waals surface area (Å²) < 4.78 is 12.1. The molecule has 3 rings (SSSR count). The van der Waals surface area contributed by atoms with Crippen molar-refractivity contribution < 1.29 is 14.3 Å². The Morgan fingerprint density at radius 3 is 2.94 bits per heavy atom. The van der Waals surface area contributed by atoms with Crippen molar-refractivity contribution in [2.24, 2.45) is 7.05 Å². The molecular formula is C12H10N2O3. The highest BCUT2D eigenvalue weighted by Gasteiger charge is 2.19. The topological polar surface area (TPSA) is 53.4 Å². The molecule has 0 spiro atoms. The minimum atomic E-state index is -0.129. The summed E-state index contributed by atoms with van der Waals surface area (Å²) >= 11 is 0. The summed E-state index contributed by atoms with van der Waals surface area (Å²) in [5.41, 5.74) is 0.545. The molecular weight excluding hydrogens is 220 g/mol. The molecule has 0 saturated heterocycles. The Kier molecular flexibility index (Phi) is 2.11. The fraction of sp³-hybridized carbons (Fsp3) is 0.167. The number of nitrogens with zero attached hydrogens (tertiary/aromatic N) is 2. The standard InChI is InChI=1S/C12H10N2O3/c1-14-5-4-13-12(14)11(15)8-2-3-9-10(6-8)17-7-16-9/h2-6H,7H2,1H3. The lowest BCUT2D eigenvalue weighted by Gasteiger charge is -2.02. The van der Waals surface area contributed by atoms with Gasteiger partial charge in [0.2, 0.25) is 12.6 Å². The number of carbonyl (C=O) groups excluding carboxylic acids is 1. The molecule has 0 saturated carbocycles. The molecule has 2 heterocycles. The van der Waals surface area contributed by atoms with E-state index < -0.39 is 0 Å². The Hall–Kier alpha value is -2.30. The summed E-state index contributed by atoms with van der Waals surface area (Å²) in [4.78, 5) is 16.2. The molecule has 0 fully saturated rings. The number of hydrogen-bond acceptors (Lipinski definition) is 4. The maximum atomic E-state index is 12.1. The fourth-order valence-corrected chi connectivity index (χ4v) is 1.75. The van der Waals surface area contributed by atoms with E-state index in [0.717, 1.165) is 0 Å². The van der Waals surface area contributed by atoms with Gasteiger partial charge in [-0.2, -0.15) is 0 Å². The van der Waals surface area contributed by atoms with Crippen molar-refractivity contribution in [1.29, 1.82) is 0 Å². The minimum absolute atomic E-state index is 0.129. The van der Waals surface area contributed by atoms with Crippen LogP contribution < -0.4 is 9.47 Å². The first-order chi connectivity index (χ1) is 8.25. The van der Waals surface area contributed by atoms with Gasteiger partial charge >= 0.3 is 0 Å². The molecule has 1 aliphatic rings. The normalized spacial score (nSPS) is 12.8. The summed E-state index contributed by atoms with van der Waals surface area (Å²) in [6.07, 6.45) is 3.33. The molecule has 0 aliphatic carbocycles. The molecule has 2 aromatic rings. The lowest BCUT2D eigenvalue weighted by Crippen LogP contribution is -2.08. The zero-order chi connectivity index (χ0) is 11.8. The Balaban J connectivity index is 2.00. The van der Waals surface area contributed by atoms with Crippen molar-refractivity contribution in [3.63, 3.8) is 0 Å². The van der Waals surface area contributed by atoms with Crippen LogP contribution in [0.5, 0.6) is 11.5 Å². The highest BCUT2D eigenvalue weighted by atomic mass is 16.7. The van der Waals surface area contributed by atoms with Gasteiger partial charge in [0.15, 0.2) is 17.3 Å². The highest BCUT2D eigenvalue weighted by Crippen LogP contribution is 2.32. The van der Waals surface area contributed by atoms with Crippen LogP contribution in [-0.2, 0) is 7.05 Å². The summed E-state index contributed by atoms with van der Waals surface area (Å²) in [7, 11) is 1.78. The van der Waals surface area contributed by atoms with Crippen molar-refractivity contribution in [2.45, 2.75) is 0 Å². The summed E-state index contributed by atoms with van der Waals surface area (Å²) in [6.45, 7) is 0.204. The number of ether oxygens (including phenoxy) is 2. The first-order valence-electron chi connectivity index (χ1n) is 5.17. The summed E-state index contributed by atoms with van der Waals surface area (Å²) in [5.74, 6) is 1.55. The van der Waals surface area contributed by atoms with Gasteiger partial charge in [-0.15, -0.1) is 0 Å². The fourth-order valence-electron chi connectivity index (χ4n) is 1.75. The summed E-state index contributed by atoms with van der Waals surface area (Å²) in [6, 6.07) is 5.13. The van der Waals surface area contributed by atoms with E-state index in [0.29, 0.717) is 22.9 Å². The molecule has 0 N–H and O–H groups in total. The zero-order valence-electron chi connectivity index (χ0n) is 9.21. The minimum Gasteiger partial charge on any atom is -0.454 e. The second-order valence-electron chi connectivity index (χ2n) is 3.76. The van der Waals surface area contributed by atoms with Gasteiger partial charge in [-0.05, 0) is 18.2 Å². The van der Waals surface area contributed by atoms with Crippen LogP contribution in [0.2, 0.25) is 0 Å². The monoisotopic (exact) mass is 230 g/mol. The Bertz CT molecular complexity index is 589. The van der Waals surface area contributed by atoms with E-state index in [-0.39, 0.29) is 12.6 Å². The van der Waals surface area contributed by atoms with E-state index in [2.05, 4.69) is 4.98 Å². The molecule has 86 valence electrons. The number of aromatic nitrogens is 2. The van der Waals surface area contributed by atoms with Gasteiger partial charge in [0.1, 0.15) is 0 Å². The van der Waals surface area contributed by atoms with Crippen LogP contribution in [0.1, 0.15) is 16.2 Å². The van der Waals surface area contributed by atoms with Gasteiger partial charge in [0.25, 0.3) is 0 Å². The zero-order valence-corrected chi connectivity index (χ0v) is 9.21. The van der Waals surface area contributed by atoms with Gasteiger partial charge in [-0.25, -0.2) is 4.98 Å². The van der Waals surface area contributed by atoms with Crippen molar-refractivity contribution >= 4 is 5.78 Å². The predicted molar refractivity (Wildman–Crippen MR) is 59.2 cm³/mol. The first kappa shape index (κ1) is 9.89. The van der Waals surface area contributed by atoms with Crippen LogP contribution in [0.3, 0.4) is 0 Å². The lowest BCUT2D eigenvalue weighted by molar-refractivity contribution is 0.102. The third-order valence-electron chi connectivity index (χ3n) is 2.66. The molecule has 17 heavy (non-hydrogen) atoms. The van der Waals surface area contributed by atoms with Gasteiger partial charge in [0, 0.05) is 25.0 Å². The highest BCUT2D eigenvalue weighted by molar-refractivity contribution is 6.07. The number of ketones is 1. The van der Waals surface area contributed by atoms with E-state index in [4.69, 9.17) is 9.47 Å². The van der Waals surface area contributed by atoms with Crippen LogP contribution in [0, 0.1) is 0 Å². The smallest absolute Gasteiger partial charge is 0.231 e. The molecule has 1 aromatic carbocycles. The van der Waals surface area contributed by atoms with Gasteiger partial charge in [-0.3, -0.25) is 4.79 Å². The quantitative estimate of drug-likeness (QED) is 0.731. The molecule has 0 atom stereocenters. The third kappa shape index (κ3) is 1.56. The molecule has 1 aliphatic heterocycles. The molecule has 0 unspecified atom stereocenters. The number of imidazole rings is 1. The molecule has 5 nitrogen and oxygen atoms in total. The number of fused-ring (bicyclic) bond motifs is 1. The van der Waals surface area contributed by atoms with E-state index >= 15 is 0 Å². The number of aryl methyl sites for hydroxylation is 1. The maximum Gasteiger partial charge on any atom is 0.231 e. The van der Waals surface area contributed by atoms with Gasteiger partial charge in [-0.1, -0.05) is 0 Å². The summed E-state index contributed by atoms with van der Waals surface area (Å²) in [5, 5.41) is 0. The van der Waals surface area contributed by atoms with Gasteiger partial charge in [0.05, 0.1) is 0 Å². The molecule has 0 radical (unpaired) electrons. The molecule has 0 bridgehead atoms. The number of benzene rings is 1. The van der Waals surface area contributed by atoms with Crippen LogP contribution in [0.15, 0.2) is 30.6 Å². The SMILES string of the molecule is Cn1ccnc1C(=O)c1ccc2c(c1)OCO2. The van der Waals surface area contributed by atoms with Crippen molar-refractivity contribution in [3.8, 4) is 11.5 Å². The maximum absolute atomic E-state index is 12.1. The largest absolute Gasteiger partial charge is 0.454 e. The molecule has 0 amide bonds. The van der Waals surface area contributed by atoms with E-state index in [1.54, 1.807) is 42.2 Å². The van der Waals surface area contributed by atoms with Crippen LogP contribution in [-0.4, -0.2) is 22.1 Å². The van der Waals surface area contributed by atoms with Crippen LogP contribution in [0.25, 0.3) is 0 Å². The van der Waals surface area contributed by atoms with E-state index in [9.17, 15) is 4.79 Å². The van der Waals surface area contributed by atoms with Crippen molar-refractivity contribution in [2.75, 3.05) is 6.79 Å². The predicted octanol–water partition coefficient (Wildman–Crippen LogP) is 1.38. The number of carbonyl (C=O) groups is 1.